The zero-order valence-corrected chi connectivity index (χ0v) is 13.6. The molecular weight excluding hydrogens is 300 g/mol. The number of methoxy groups -OCH3 is 2. The number of rotatable bonds is 5. The maximum atomic E-state index is 11.9. The summed E-state index contributed by atoms with van der Waals surface area (Å²) in [5.74, 6) is -0.707. The lowest BCUT2D eigenvalue weighted by atomic mass is 9.92. The minimum Gasteiger partial charge on any atom is -0.465 e. The molecule has 0 amide bonds. The summed E-state index contributed by atoms with van der Waals surface area (Å²) in [5, 5.41) is 14.6. The number of nitro groups is 1. The summed E-state index contributed by atoms with van der Waals surface area (Å²) in [4.78, 5) is 22.5. The van der Waals surface area contributed by atoms with Gasteiger partial charge in [0.1, 0.15) is 5.56 Å². The maximum absolute atomic E-state index is 11.9. The Morgan fingerprint density at radius 1 is 1.35 bits per heavy atom. The minimum atomic E-state index is -0.707. The number of anilines is 1. The van der Waals surface area contributed by atoms with Crippen LogP contribution in [-0.2, 0) is 9.47 Å². The molecule has 2 rings (SSSR count). The summed E-state index contributed by atoms with van der Waals surface area (Å²) in [6, 6.07) is 3.41. The maximum Gasteiger partial charge on any atom is 0.344 e. The van der Waals surface area contributed by atoms with Crippen LogP contribution in [0.25, 0.3) is 0 Å². The van der Waals surface area contributed by atoms with E-state index in [4.69, 9.17) is 4.74 Å². The highest BCUT2D eigenvalue weighted by Gasteiger charge is 2.26. The van der Waals surface area contributed by atoms with Crippen LogP contribution in [-0.4, -0.2) is 37.3 Å². The van der Waals surface area contributed by atoms with Gasteiger partial charge in [-0.15, -0.1) is 0 Å². The van der Waals surface area contributed by atoms with E-state index in [1.165, 1.54) is 13.2 Å². The van der Waals surface area contributed by atoms with Crippen molar-refractivity contribution in [3.63, 3.8) is 0 Å². The van der Waals surface area contributed by atoms with Gasteiger partial charge in [0, 0.05) is 24.4 Å². The summed E-state index contributed by atoms with van der Waals surface area (Å²) in [6.07, 6.45) is 4.21. The highest BCUT2D eigenvalue weighted by Crippen LogP contribution is 2.30. The van der Waals surface area contributed by atoms with Crippen LogP contribution in [0.3, 0.4) is 0 Å². The average molecular weight is 322 g/mol. The van der Waals surface area contributed by atoms with Gasteiger partial charge in [0.2, 0.25) is 0 Å². The topological polar surface area (TPSA) is 90.7 Å². The van der Waals surface area contributed by atoms with Gasteiger partial charge in [-0.05, 0) is 44.7 Å². The van der Waals surface area contributed by atoms with Crippen LogP contribution in [0.2, 0.25) is 0 Å². The van der Waals surface area contributed by atoms with Crippen LogP contribution in [0.1, 0.15) is 41.6 Å². The highest BCUT2D eigenvalue weighted by atomic mass is 16.6. The Labute approximate surface area is 135 Å². The van der Waals surface area contributed by atoms with E-state index in [1.54, 1.807) is 20.1 Å². The van der Waals surface area contributed by atoms with Crippen LogP contribution in [0.15, 0.2) is 12.1 Å². The van der Waals surface area contributed by atoms with Gasteiger partial charge < -0.3 is 14.8 Å². The van der Waals surface area contributed by atoms with Crippen molar-refractivity contribution < 1.29 is 19.2 Å². The van der Waals surface area contributed by atoms with Gasteiger partial charge in [-0.3, -0.25) is 10.1 Å². The Morgan fingerprint density at radius 3 is 2.70 bits per heavy atom. The Kier molecular flexibility index (Phi) is 5.54. The molecule has 2 atom stereocenters. The predicted molar refractivity (Wildman–Crippen MR) is 85.8 cm³/mol. The van der Waals surface area contributed by atoms with Crippen LogP contribution in [0.4, 0.5) is 11.4 Å². The molecule has 0 aliphatic heterocycles. The molecule has 1 N–H and O–H groups in total. The molecule has 1 aliphatic carbocycles. The lowest BCUT2D eigenvalue weighted by Gasteiger charge is -2.29. The van der Waals surface area contributed by atoms with Gasteiger partial charge in [-0.25, -0.2) is 4.79 Å². The first-order valence-electron chi connectivity index (χ1n) is 7.63. The number of esters is 1. The molecule has 126 valence electrons. The van der Waals surface area contributed by atoms with Crippen molar-refractivity contribution in [1.82, 2.24) is 0 Å². The van der Waals surface area contributed by atoms with E-state index < -0.39 is 10.9 Å². The fraction of sp³-hybridized carbons (Fsp3) is 0.562. The van der Waals surface area contributed by atoms with E-state index in [0.717, 1.165) is 25.7 Å². The molecule has 0 bridgehead atoms. The Bertz CT molecular complexity index is 602. The summed E-state index contributed by atoms with van der Waals surface area (Å²) < 4.78 is 10.1. The third kappa shape index (κ3) is 3.98. The number of hydrogen-bond donors (Lipinski definition) is 1. The molecule has 2 unspecified atom stereocenters. The summed E-state index contributed by atoms with van der Waals surface area (Å²) in [7, 11) is 2.92. The smallest absolute Gasteiger partial charge is 0.344 e. The SMILES string of the molecule is COC(=O)c1cc(NC2CCCC(OC)C2)cc(C)c1[N+](=O)[O-]. The van der Waals surface area contributed by atoms with Crippen LogP contribution >= 0.6 is 0 Å². The van der Waals surface area contributed by atoms with Gasteiger partial charge >= 0.3 is 5.97 Å². The molecule has 1 aromatic carbocycles. The standard InChI is InChI=1S/C16H22N2O5/c1-10-7-12(17-11-5-4-6-13(8-11)22-2)9-14(16(19)23-3)15(10)18(20)21/h7,9,11,13,17H,4-6,8H2,1-3H3. The highest BCUT2D eigenvalue weighted by molar-refractivity contribution is 5.95. The predicted octanol–water partition coefficient (Wildman–Crippen LogP) is 3.06. The van der Waals surface area contributed by atoms with Gasteiger partial charge in [-0.2, -0.15) is 0 Å². The lowest BCUT2D eigenvalue weighted by Crippen LogP contribution is -2.31. The van der Waals surface area contributed by atoms with E-state index in [2.05, 4.69) is 10.1 Å². The summed E-state index contributed by atoms with van der Waals surface area (Å²) in [5.41, 5.74) is 0.884. The number of nitrogens with zero attached hydrogens (tertiary/aromatic N) is 1. The molecule has 0 heterocycles. The third-order valence-corrected chi connectivity index (χ3v) is 4.22. The molecule has 23 heavy (non-hydrogen) atoms. The van der Waals surface area contributed by atoms with Crippen molar-refractivity contribution >= 4 is 17.3 Å². The second-order valence-corrected chi connectivity index (χ2v) is 5.80. The lowest BCUT2D eigenvalue weighted by molar-refractivity contribution is -0.385. The molecule has 1 saturated carbocycles. The number of ether oxygens (including phenoxy) is 2. The van der Waals surface area contributed by atoms with E-state index in [-0.39, 0.29) is 23.4 Å². The molecule has 0 aromatic heterocycles. The van der Waals surface area contributed by atoms with Crippen molar-refractivity contribution in [2.45, 2.75) is 44.8 Å². The average Bonchev–Trinajstić information content (AvgIpc) is 2.53. The van der Waals surface area contributed by atoms with Gasteiger partial charge in [0.05, 0.1) is 18.1 Å². The fourth-order valence-corrected chi connectivity index (χ4v) is 3.10. The first-order chi connectivity index (χ1) is 11.0. The summed E-state index contributed by atoms with van der Waals surface area (Å²) >= 11 is 0. The second kappa shape index (κ2) is 7.41. The first-order valence-corrected chi connectivity index (χ1v) is 7.63. The molecule has 0 radical (unpaired) electrons. The molecule has 7 heteroatoms. The summed E-state index contributed by atoms with van der Waals surface area (Å²) in [6.45, 7) is 1.62. The Balaban J connectivity index is 2.27. The number of nitro benzene ring substituents is 1. The van der Waals surface area contributed by atoms with Gasteiger partial charge in [0.15, 0.2) is 0 Å². The van der Waals surface area contributed by atoms with Crippen LogP contribution < -0.4 is 5.32 Å². The molecule has 0 saturated heterocycles. The van der Waals surface area contributed by atoms with Crippen molar-refractivity contribution in [2.24, 2.45) is 0 Å². The van der Waals surface area contributed by atoms with Gasteiger partial charge in [0.25, 0.3) is 5.69 Å². The molecule has 0 spiro atoms. The van der Waals surface area contributed by atoms with Crippen LogP contribution in [0, 0.1) is 17.0 Å². The quantitative estimate of drug-likeness (QED) is 0.509. The zero-order valence-electron chi connectivity index (χ0n) is 13.6. The van der Waals surface area contributed by atoms with E-state index >= 15 is 0 Å². The largest absolute Gasteiger partial charge is 0.465 e. The van der Waals surface area contributed by atoms with Crippen molar-refractivity contribution in [3.8, 4) is 0 Å². The number of benzene rings is 1. The molecule has 1 aliphatic rings. The number of aryl methyl sites for hydroxylation is 1. The minimum absolute atomic E-state index is 0.0286. The molecular formula is C16H22N2O5. The van der Waals surface area contributed by atoms with Crippen molar-refractivity contribution in [3.05, 3.63) is 33.4 Å². The Morgan fingerprint density at radius 2 is 2.09 bits per heavy atom. The number of hydrogen-bond acceptors (Lipinski definition) is 6. The first kappa shape index (κ1) is 17.2. The van der Waals surface area contributed by atoms with Crippen molar-refractivity contribution in [2.75, 3.05) is 19.5 Å². The number of carbonyl (C=O) groups is 1. The Hall–Kier alpha value is -2.15. The fourth-order valence-electron chi connectivity index (χ4n) is 3.10. The van der Waals surface area contributed by atoms with Gasteiger partial charge in [-0.1, -0.05) is 0 Å². The van der Waals surface area contributed by atoms with Crippen LogP contribution in [0.5, 0.6) is 0 Å². The molecule has 1 fully saturated rings. The zero-order chi connectivity index (χ0) is 17.0. The third-order valence-electron chi connectivity index (χ3n) is 4.22. The normalized spacial score (nSPS) is 20.8. The molecule has 1 aromatic rings. The number of carbonyl (C=O) groups excluding carboxylic acids is 1. The van der Waals surface area contributed by atoms with E-state index in [9.17, 15) is 14.9 Å². The number of nitrogens with one attached hydrogen (secondary N) is 1. The monoisotopic (exact) mass is 322 g/mol. The molecule has 7 nitrogen and oxygen atoms in total. The van der Waals surface area contributed by atoms with Crippen molar-refractivity contribution in [1.29, 1.82) is 0 Å². The van der Waals surface area contributed by atoms with E-state index in [1.807, 2.05) is 0 Å². The second-order valence-electron chi connectivity index (χ2n) is 5.80. The van der Waals surface area contributed by atoms with E-state index in [0.29, 0.717) is 11.3 Å².